The number of aryl methyl sites for hydroxylation is 2. The average Bonchev–Trinajstić information content (AvgIpc) is 2.70. The summed E-state index contributed by atoms with van der Waals surface area (Å²) in [6.07, 6.45) is 6.02. The molecule has 0 spiro atoms. The second-order valence-electron chi connectivity index (χ2n) is 5.86. The number of rotatable bonds is 5. The van der Waals surface area contributed by atoms with Crippen molar-refractivity contribution in [3.63, 3.8) is 0 Å². The van der Waals surface area contributed by atoms with E-state index in [1.807, 2.05) is 0 Å². The quantitative estimate of drug-likeness (QED) is 0.766. The lowest BCUT2D eigenvalue weighted by molar-refractivity contribution is 0.465. The molecule has 0 aliphatic heterocycles. The molecule has 2 heteroatoms. The Balaban J connectivity index is 1.80. The van der Waals surface area contributed by atoms with Gasteiger partial charge in [0.15, 0.2) is 0 Å². The van der Waals surface area contributed by atoms with Crippen molar-refractivity contribution in [2.75, 3.05) is 11.9 Å². The highest BCUT2D eigenvalue weighted by atomic mass is 14.9. The Kier molecular flexibility index (Phi) is 3.72. The van der Waals surface area contributed by atoms with Crippen LogP contribution < -0.4 is 11.1 Å². The van der Waals surface area contributed by atoms with Crippen LogP contribution >= 0.6 is 0 Å². The van der Waals surface area contributed by atoms with Crippen molar-refractivity contribution in [1.82, 2.24) is 0 Å². The summed E-state index contributed by atoms with van der Waals surface area (Å²) in [6, 6.07) is 6.80. The molecule has 0 unspecified atom stereocenters. The van der Waals surface area contributed by atoms with Crippen LogP contribution in [0.3, 0.4) is 0 Å². The molecule has 2 rings (SSSR count). The van der Waals surface area contributed by atoms with Crippen LogP contribution in [0.15, 0.2) is 18.2 Å². The van der Waals surface area contributed by atoms with Gasteiger partial charge in [0.2, 0.25) is 0 Å². The van der Waals surface area contributed by atoms with Crippen LogP contribution in [-0.4, -0.2) is 12.1 Å². The van der Waals surface area contributed by atoms with E-state index in [0.717, 1.165) is 19.4 Å². The van der Waals surface area contributed by atoms with Gasteiger partial charge in [-0.3, -0.25) is 0 Å². The van der Waals surface area contributed by atoms with Crippen LogP contribution in [0, 0.1) is 0 Å². The maximum Gasteiger partial charge on any atom is 0.0343 e. The third-order valence-electron chi connectivity index (χ3n) is 3.43. The molecule has 2 nitrogen and oxygen atoms in total. The third kappa shape index (κ3) is 3.74. The van der Waals surface area contributed by atoms with Gasteiger partial charge in [-0.1, -0.05) is 6.07 Å². The van der Waals surface area contributed by atoms with Gasteiger partial charge in [0.1, 0.15) is 0 Å². The first kappa shape index (κ1) is 12.4. The number of benzene rings is 1. The Hall–Kier alpha value is -1.02. The maximum atomic E-state index is 5.96. The van der Waals surface area contributed by atoms with E-state index in [1.165, 1.54) is 30.5 Å². The number of nitrogens with two attached hydrogens (primary N) is 1. The smallest absolute Gasteiger partial charge is 0.0343 e. The highest BCUT2D eigenvalue weighted by molar-refractivity contribution is 5.50. The van der Waals surface area contributed by atoms with Crippen molar-refractivity contribution < 1.29 is 0 Å². The van der Waals surface area contributed by atoms with Crippen molar-refractivity contribution >= 4 is 5.69 Å². The first-order valence-corrected chi connectivity index (χ1v) is 6.69. The Labute approximate surface area is 105 Å². The van der Waals surface area contributed by atoms with Gasteiger partial charge in [0, 0.05) is 17.8 Å². The monoisotopic (exact) mass is 232 g/mol. The molecule has 94 valence electrons. The van der Waals surface area contributed by atoms with Gasteiger partial charge in [-0.15, -0.1) is 0 Å². The predicted molar refractivity (Wildman–Crippen MR) is 74.5 cm³/mol. The topological polar surface area (TPSA) is 38.0 Å². The molecule has 0 bridgehead atoms. The van der Waals surface area contributed by atoms with Crippen LogP contribution in [0.2, 0.25) is 0 Å². The van der Waals surface area contributed by atoms with E-state index in [2.05, 4.69) is 37.4 Å². The number of fused-ring (bicyclic) bond motifs is 1. The molecule has 0 saturated carbocycles. The molecule has 17 heavy (non-hydrogen) atoms. The molecule has 1 aliphatic carbocycles. The minimum Gasteiger partial charge on any atom is -0.385 e. The second-order valence-corrected chi connectivity index (χ2v) is 5.86. The predicted octanol–water partition coefficient (Wildman–Crippen LogP) is 3.10. The first-order chi connectivity index (χ1) is 8.04. The highest BCUT2D eigenvalue weighted by Gasteiger charge is 2.11. The fourth-order valence-corrected chi connectivity index (χ4v) is 2.46. The van der Waals surface area contributed by atoms with E-state index in [4.69, 9.17) is 5.73 Å². The van der Waals surface area contributed by atoms with Crippen LogP contribution in [0.5, 0.6) is 0 Å². The van der Waals surface area contributed by atoms with Crippen molar-refractivity contribution in [2.45, 2.75) is 51.5 Å². The number of hydrogen-bond donors (Lipinski definition) is 2. The van der Waals surface area contributed by atoms with Crippen LogP contribution in [0.4, 0.5) is 5.69 Å². The van der Waals surface area contributed by atoms with E-state index >= 15 is 0 Å². The van der Waals surface area contributed by atoms with Gasteiger partial charge < -0.3 is 11.1 Å². The largest absolute Gasteiger partial charge is 0.385 e. The average molecular weight is 232 g/mol. The molecule has 0 aromatic heterocycles. The van der Waals surface area contributed by atoms with Gasteiger partial charge in [0.25, 0.3) is 0 Å². The molecule has 0 saturated heterocycles. The molecule has 1 aromatic carbocycles. The van der Waals surface area contributed by atoms with E-state index in [1.54, 1.807) is 5.56 Å². The van der Waals surface area contributed by atoms with Crippen molar-refractivity contribution in [3.8, 4) is 0 Å². The zero-order valence-corrected chi connectivity index (χ0v) is 11.1. The fourth-order valence-electron chi connectivity index (χ4n) is 2.46. The van der Waals surface area contributed by atoms with Crippen molar-refractivity contribution in [2.24, 2.45) is 5.73 Å². The summed E-state index contributed by atoms with van der Waals surface area (Å²) < 4.78 is 0. The summed E-state index contributed by atoms with van der Waals surface area (Å²) in [5.41, 5.74) is 10.3. The molecular weight excluding hydrogens is 208 g/mol. The summed E-state index contributed by atoms with van der Waals surface area (Å²) in [7, 11) is 0. The number of hydrogen-bond acceptors (Lipinski definition) is 2. The maximum absolute atomic E-state index is 5.96. The molecule has 0 heterocycles. The van der Waals surface area contributed by atoms with E-state index in [0.29, 0.717) is 0 Å². The molecule has 0 atom stereocenters. The molecule has 1 aromatic rings. The van der Waals surface area contributed by atoms with Crippen molar-refractivity contribution in [3.05, 3.63) is 29.3 Å². The number of nitrogens with one attached hydrogen (secondary N) is 1. The number of anilines is 1. The SMILES string of the molecule is CC(C)(N)CCCNc1ccc2c(c1)CCC2. The van der Waals surface area contributed by atoms with Gasteiger partial charge >= 0.3 is 0 Å². The molecular formula is C15H24N2. The Morgan fingerprint density at radius 2 is 2.00 bits per heavy atom. The van der Waals surface area contributed by atoms with E-state index < -0.39 is 0 Å². The standard InChI is InChI=1S/C15H24N2/c1-15(2,16)9-4-10-17-14-8-7-12-5-3-6-13(12)11-14/h7-8,11,17H,3-6,9-10,16H2,1-2H3. The zero-order chi connectivity index (χ0) is 12.3. The summed E-state index contributed by atoms with van der Waals surface area (Å²) in [6.45, 7) is 5.18. The molecule has 0 amide bonds. The van der Waals surface area contributed by atoms with E-state index in [-0.39, 0.29) is 5.54 Å². The van der Waals surface area contributed by atoms with Crippen molar-refractivity contribution in [1.29, 1.82) is 0 Å². The Bertz CT molecular complexity index is 377. The highest BCUT2D eigenvalue weighted by Crippen LogP contribution is 2.24. The minimum absolute atomic E-state index is 0.0420. The molecule has 1 aliphatic rings. The van der Waals surface area contributed by atoms with Crippen LogP contribution in [0.25, 0.3) is 0 Å². The second kappa shape index (κ2) is 5.09. The minimum atomic E-state index is -0.0420. The van der Waals surface area contributed by atoms with Gasteiger partial charge in [0.05, 0.1) is 0 Å². The summed E-state index contributed by atoms with van der Waals surface area (Å²) in [4.78, 5) is 0. The van der Waals surface area contributed by atoms with E-state index in [9.17, 15) is 0 Å². The van der Waals surface area contributed by atoms with Crippen LogP contribution in [0.1, 0.15) is 44.2 Å². The zero-order valence-electron chi connectivity index (χ0n) is 11.1. The van der Waals surface area contributed by atoms with Gasteiger partial charge in [-0.25, -0.2) is 0 Å². The Morgan fingerprint density at radius 1 is 1.24 bits per heavy atom. The summed E-state index contributed by atoms with van der Waals surface area (Å²) in [5.74, 6) is 0. The summed E-state index contributed by atoms with van der Waals surface area (Å²) >= 11 is 0. The van der Waals surface area contributed by atoms with Crippen LogP contribution in [-0.2, 0) is 12.8 Å². The van der Waals surface area contributed by atoms with Gasteiger partial charge in [-0.05, 0) is 69.2 Å². The first-order valence-electron chi connectivity index (χ1n) is 6.69. The summed E-state index contributed by atoms with van der Waals surface area (Å²) in [5, 5.41) is 3.49. The molecule has 0 radical (unpaired) electrons. The van der Waals surface area contributed by atoms with Gasteiger partial charge in [-0.2, -0.15) is 0 Å². The third-order valence-corrected chi connectivity index (χ3v) is 3.43. The normalized spacial score (nSPS) is 14.8. The lowest BCUT2D eigenvalue weighted by atomic mass is 10.0. The fraction of sp³-hybridized carbons (Fsp3) is 0.600. The lowest BCUT2D eigenvalue weighted by Crippen LogP contribution is -2.32. The molecule has 3 N–H and O–H groups in total. The molecule has 0 fully saturated rings. The lowest BCUT2D eigenvalue weighted by Gasteiger charge is -2.18. The Morgan fingerprint density at radius 3 is 2.76 bits per heavy atom.